The Balaban J connectivity index is 1.97. The Bertz CT molecular complexity index is 344. The van der Waals surface area contributed by atoms with Crippen LogP contribution < -0.4 is 4.74 Å². The van der Waals surface area contributed by atoms with E-state index < -0.39 is 0 Å². The minimum atomic E-state index is -0.181. The van der Waals surface area contributed by atoms with Crippen molar-refractivity contribution in [3.8, 4) is 5.88 Å². The maximum atomic E-state index is 9.57. The van der Waals surface area contributed by atoms with Crippen LogP contribution in [0.5, 0.6) is 5.88 Å². The number of pyridine rings is 1. The van der Waals surface area contributed by atoms with E-state index in [-0.39, 0.29) is 6.10 Å². The third kappa shape index (κ3) is 2.93. The Labute approximate surface area is 95.9 Å². The summed E-state index contributed by atoms with van der Waals surface area (Å²) in [5.41, 5.74) is 0.994. The molecule has 0 radical (unpaired) electrons. The van der Waals surface area contributed by atoms with Gasteiger partial charge in [-0.3, -0.25) is 4.90 Å². The molecule has 1 N–H and O–H groups in total. The second-order valence-electron chi connectivity index (χ2n) is 4.20. The van der Waals surface area contributed by atoms with Gasteiger partial charge in [0.2, 0.25) is 5.88 Å². The van der Waals surface area contributed by atoms with Crippen molar-refractivity contribution in [1.82, 2.24) is 9.88 Å². The van der Waals surface area contributed by atoms with E-state index in [0.29, 0.717) is 5.88 Å². The highest BCUT2D eigenvalue weighted by molar-refractivity contribution is 5.15. The monoisotopic (exact) mass is 222 g/mol. The zero-order valence-corrected chi connectivity index (χ0v) is 9.59. The molecule has 1 saturated heterocycles. The van der Waals surface area contributed by atoms with Gasteiger partial charge in [-0.2, -0.15) is 0 Å². The lowest BCUT2D eigenvalue weighted by atomic mass is 10.1. The summed E-state index contributed by atoms with van der Waals surface area (Å²) in [5, 5.41) is 9.57. The Morgan fingerprint density at radius 1 is 1.56 bits per heavy atom. The Hall–Kier alpha value is -1.13. The number of aromatic nitrogens is 1. The third-order valence-electron chi connectivity index (χ3n) is 2.86. The van der Waals surface area contributed by atoms with Gasteiger partial charge in [-0.15, -0.1) is 0 Å². The van der Waals surface area contributed by atoms with Crippen LogP contribution in [0.25, 0.3) is 0 Å². The summed E-state index contributed by atoms with van der Waals surface area (Å²) in [6, 6.07) is 5.78. The number of likely N-dealkylation sites (tertiary alicyclic amines) is 1. The van der Waals surface area contributed by atoms with Crippen LogP contribution in [0.4, 0.5) is 0 Å². The largest absolute Gasteiger partial charge is 0.481 e. The van der Waals surface area contributed by atoms with Crippen LogP contribution >= 0.6 is 0 Å². The van der Waals surface area contributed by atoms with Gasteiger partial charge in [0.15, 0.2) is 0 Å². The zero-order valence-electron chi connectivity index (χ0n) is 9.59. The molecule has 1 unspecified atom stereocenters. The highest BCUT2D eigenvalue weighted by atomic mass is 16.5. The van der Waals surface area contributed by atoms with Gasteiger partial charge in [0.05, 0.1) is 18.9 Å². The molecule has 0 spiro atoms. The summed E-state index contributed by atoms with van der Waals surface area (Å²) in [7, 11) is 1.62. The Kier molecular flexibility index (Phi) is 3.74. The number of hydrogen-bond acceptors (Lipinski definition) is 4. The van der Waals surface area contributed by atoms with E-state index in [1.807, 2.05) is 18.2 Å². The van der Waals surface area contributed by atoms with Crippen LogP contribution in [0.15, 0.2) is 18.2 Å². The minimum Gasteiger partial charge on any atom is -0.481 e. The van der Waals surface area contributed by atoms with Crippen molar-refractivity contribution in [3.05, 3.63) is 23.9 Å². The molecule has 88 valence electrons. The molecule has 1 aliphatic rings. The summed E-state index contributed by atoms with van der Waals surface area (Å²) < 4.78 is 5.09. The summed E-state index contributed by atoms with van der Waals surface area (Å²) in [6.07, 6.45) is 1.80. The summed E-state index contributed by atoms with van der Waals surface area (Å²) in [6.45, 7) is 2.57. The Morgan fingerprint density at radius 3 is 3.19 bits per heavy atom. The van der Waals surface area contributed by atoms with Gasteiger partial charge in [-0.25, -0.2) is 4.98 Å². The number of methoxy groups -OCH3 is 1. The van der Waals surface area contributed by atoms with E-state index in [0.717, 1.165) is 38.2 Å². The average molecular weight is 222 g/mol. The molecule has 2 rings (SSSR count). The predicted octanol–water partition coefficient (Wildman–Crippen LogP) is 1.05. The number of aliphatic hydroxyl groups is 1. The fraction of sp³-hybridized carbons (Fsp3) is 0.583. The van der Waals surface area contributed by atoms with E-state index in [9.17, 15) is 5.11 Å². The molecule has 0 saturated carbocycles. The van der Waals surface area contributed by atoms with Crippen LogP contribution in [-0.4, -0.2) is 41.3 Å². The fourth-order valence-corrected chi connectivity index (χ4v) is 2.06. The lowest BCUT2D eigenvalue weighted by Crippen LogP contribution is -2.37. The molecule has 0 aromatic carbocycles. The van der Waals surface area contributed by atoms with Crippen LogP contribution in [0.2, 0.25) is 0 Å². The first-order valence-corrected chi connectivity index (χ1v) is 5.68. The number of aliphatic hydroxyl groups excluding tert-OH is 1. The van der Waals surface area contributed by atoms with E-state index >= 15 is 0 Å². The zero-order chi connectivity index (χ0) is 11.4. The van der Waals surface area contributed by atoms with E-state index in [1.165, 1.54) is 0 Å². The molecule has 1 aromatic rings. The van der Waals surface area contributed by atoms with Gasteiger partial charge < -0.3 is 9.84 Å². The number of nitrogens with zero attached hydrogens (tertiary/aromatic N) is 2. The molecule has 4 heteroatoms. The SMILES string of the molecule is COc1cccc(CN2CCCC(O)C2)n1. The predicted molar refractivity (Wildman–Crippen MR) is 61.3 cm³/mol. The number of hydrogen-bond donors (Lipinski definition) is 1. The molecule has 1 atom stereocenters. The van der Waals surface area contributed by atoms with E-state index in [4.69, 9.17) is 4.74 Å². The van der Waals surface area contributed by atoms with Crippen LogP contribution in [0.3, 0.4) is 0 Å². The molecule has 1 aromatic heterocycles. The van der Waals surface area contributed by atoms with Gasteiger partial charge in [0.25, 0.3) is 0 Å². The molecule has 0 bridgehead atoms. The number of ether oxygens (including phenoxy) is 1. The highest BCUT2D eigenvalue weighted by Gasteiger charge is 2.17. The first kappa shape index (κ1) is 11.4. The maximum Gasteiger partial charge on any atom is 0.213 e. The van der Waals surface area contributed by atoms with Gasteiger partial charge in [0, 0.05) is 19.2 Å². The average Bonchev–Trinajstić information content (AvgIpc) is 2.29. The second-order valence-corrected chi connectivity index (χ2v) is 4.20. The van der Waals surface area contributed by atoms with Gasteiger partial charge in [0.1, 0.15) is 0 Å². The third-order valence-corrected chi connectivity index (χ3v) is 2.86. The quantitative estimate of drug-likeness (QED) is 0.830. The summed E-state index contributed by atoms with van der Waals surface area (Å²) in [5.74, 6) is 0.648. The molecule has 4 nitrogen and oxygen atoms in total. The molecular formula is C12H18N2O2. The minimum absolute atomic E-state index is 0.181. The standard InChI is InChI=1S/C12H18N2O2/c1-16-12-6-2-4-10(13-12)8-14-7-3-5-11(15)9-14/h2,4,6,11,15H,3,5,7-9H2,1H3. The van der Waals surface area contributed by atoms with Crippen molar-refractivity contribution in [2.24, 2.45) is 0 Å². The van der Waals surface area contributed by atoms with Crippen molar-refractivity contribution in [2.75, 3.05) is 20.2 Å². The van der Waals surface area contributed by atoms with Gasteiger partial charge in [-0.1, -0.05) is 6.07 Å². The van der Waals surface area contributed by atoms with Crippen LogP contribution in [0.1, 0.15) is 18.5 Å². The molecular weight excluding hydrogens is 204 g/mol. The number of rotatable bonds is 3. The van der Waals surface area contributed by atoms with Crippen molar-refractivity contribution in [2.45, 2.75) is 25.5 Å². The van der Waals surface area contributed by atoms with Crippen molar-refractivity contribution in [3.63, 3.8) is 0 Å². The molecule has 0 amide bonds. The van der Waals surface area contributed by atoms with Gasteiger partial charge in [-0.05, 0) is 25.5 Å². The van der Waals surface area contributed by atoms with Crippen molar-refractivity contribution in [1.29, 1.82) is 0 Å². The highest BCUT2D eigenvalue weighted by Crippen LogP contribution is 2.14. The lowest BCUT2D eigenvalue weighted by Gasteiger charge is -2.29. The second kappa shape index (κ2) is 5.27. The number of piperidine rings is 1. The maximum absolute atomic E-state index is 9.57. The smallest absolute Gasteiger partial charge is 0.213 e. The molecule has 16 heavy (non-hydrogen) atoms. The summed E-state index contributed by atoms with van der Waals surface area (Å²) in [4.78, 5) is 6.60. The molecule has 0 aliphatic carbocycles. The van der Waals surface area contributed by atoms with E-state index in [1.54, 1.807) is 7.11 Å². The molecule has 2 heterocycles. The van der Waals surface area contributed by atoms with Crippen molar-refractivity contribution >= 4 is 0 Å². The first-order chi connectivity index (χ1) is 7.78. The molecule has 1 aliphatic heterocycles. The lowest BCUT2D eigenvalue weighted by molar-refractivity contribution is 0.0661. The number of β-amino-alcohol motifs (C(OH)–C–C–N with tert-alkyl or cyclic N) is 1. The van der Waals surface area contributed by atoms with Crippen molar-refractivity contribution < 1.29 is 9.84 Å². The van der Waals surface area contributed by atoms with Crippen LogP contribution in [-0.2, 0) is 6.54 Å². The molecule has 1 fully saturated rings. The Morgan fingerprint density at radius 2 is 2.44 bits per heavy atom. The van der Waals surface area contributed by atoms with E-state index in [2.05, 4.69) is 9.88 Å². The topological polar surface area (TPSA) is 45.6 Å². The fourth-order valence-electron chi connectivity index (χ4n) is 2.06. The summed E-state index contributed by atoms with van der Waals surface area (Å²) >= 11 is 0. The normalized spacial score (nSPS) is 22.0. The van der Waals surface area contributed by atoms with Gasteiger partial charge >= 0.3 is 0 Å². The first-order valence-electron chi connectivity index (χ1n) is 5.68. The van der Waals surface area contributed by atoms with Crippen LogP contribution in [0, 0.1) is 0 Å².